The van der Waals surface area contributed by atoms with Crippen molar-refractivity contribution in [3.05, 3.63) is 95.8 Å². The molecule has 0 fully saturated rings. The predicted octanol–water partition coefficient (Wildman–Crippen LogP) is 3.39. The smallest absolute Gasteiger partial charge is 0.334 e. The van der Waals surface area contributed by atoms with Crippen molar-refractivity contribution in [3.8, 4) is 23.3 Å². The van der Waals surface area contributed by atoms with Crippen LogP contribution in [0.3, 0.4) is 0 Å². The van der Waals surface area contributed by atoms with Gasteiger partial charge in [0.2, 0.25) is 0 Å². The van der Waals surface area contributed by atoms with E-state index in [9.17, 15) is 30.2 Å². The third kappa shape index (κ3) is 5.24. The summed E-state index contributed by atoms with van der Waals surface area (Å²) in [5.41, 5.74) is 0.0822. The van der Waals surface area contributed by atoms with Crippen LogP contribution in [-0.2, 0) is 11.2 Å². The number of nitriles is 1. The van der Waals surface area contributed by atoms with Crippen LogP contribution < -0.4 is 10.1 Å². The van der Waals surface area contributed by atoms with Crippen LogP contribution in [0.15, 0.2) is 78.9 Å². The second kappa shape index (κ2) is 10.5. The summed E-state index contributed by atoms with van der Waals surface area (Å²) in [6.45, 7) is 0. The number of nitrogens with zero attached hydrogens (tertiary/aromatic N) is 2. The Labute approximate surface area is 205 Å². The number of aliphatic hydroxyl groups excluding tert-OH is 1. The van der Waals surface area contributed by atoms with Gasteiger partial charge in [0.15, 0.2) is 17.5 Å². The minimum absolute atomic E-state index is 0.0136. The van der Waals surface area contributed by atoms with Crippen LogP contribution in [0.5, 0.6) is 17.2 Å². The first-order valence-electron chi connectivity index (χ1n) is 10.9. The first-order chi connectivity index (χ1) is 17.4. The minimum atomic E-state index is -1.91. The van der Waals surface area contributed by atoms with Gasteiger partial charge < -0.3 is 25.4 Å². The molecule has 0 saturated heterocycles. The molecular formula is C27H21N3O6. The Balaban J connectivity index is 1.66. The molecular weight excluding hydrogens is 462 g/mol. The van der Waals surface area contributed by atoms with E-state index in [0.29, 0.717) is 17.1 Å². The number of rotatable bonds is 8. The van der Waals surface area contributed by atoms with E-state index in [2.05, 4.69) is 10.3 Å². The highest BCUT2D eigenvalue weighted by atomic mass is 16.5. The molecule has 2 unspecified atom stereocenters. The van der Waals surface area contributed by atoms with Gasteiger partial charge in [-0.3, -0.25) is 4.79 Å². The highest BCUT2D eigenvalue weighted by molar-refractivity contribution is 6.03. The van der Waals surface area contributed by atoms with Crippen LogP contribution in [0.1, 0.15) is 21.7 Å². The van der Waals surface area contributed by atoms with Crippen LogP contribution >= 0.6 is 0 Å². The molecule has 1 amide bonds. The summed E-state index contributed by atoms with van der Waals surface area (Å²) in [5.74, 6) is -1.97. The zero-order valence-corrected chi connectivity index (χ0v) is 18.8. The number of carbonyl (C=O) groups is 2. The molecule has 36 heavy (non-hydrogen) atoms. The van der Waals surface area contributed by atoms with Gasteiger partial charge in [0.25, 0.3) is 5.91 Å². The Morgan fingerprint density at radius 2 is 1.64 bits per heavy atom. The maximum absolute atomic E-state index is 13.0. The van der Waals surface area contributed by atoms with E-state index >= 15 is 0 Å². The zero-order chi connectivity index (χ0) is 25.7. The molecule has 9 nitrogen and oxygen atoms in total. The number of carboxylic acid groups (broad SMARTS) is 1. The van der Waals surface area contributed by atoms with Crippen molar-refractivity contribution in [2.45, 2.75) is 18.6 Å². The number of fused-ring (bicyclic) bond motifs is 1. The van der Waals surface area contributed by atoms with E-state index in [4.69, 9.17) is 4.74 Å². The Kier molecular flexibility index (Phi) is 7.09. The standard InChI is InChI=1S/C27H21N3O6/c28-15-22-20-14-18(36-17-9-5-2-6-10-17)11-12-19(20)24(31)23(29-22)26(33)30-21(25(32)27(34)35)13-16-7-3-1-4-8-16/h1-12,14,21,25,31-32H,13H2,(H,30,33)(H,34,35). The lowest BCUT2D eigenvalue weighted by Crippen LogP contribution is -2.48. The van der Waals surface area contributed by atoms with Gasteiger partial charge in [-0.25, -0.2) is 9.78 Å². The second-order valence-corrected chi connectivity index (χ2v) is 7.94. The van der Waals surface area contributed by atoms with Crippen molar-refractivity contribution in [2.24, 2.45) is 0 Å². The third-order valence-corrected chi connectivity index (χ3v) is 5.50. The fourth-order valence-corrected chi connectivity index (χ4v) is 3.73. The molecule has 1 aromatic heterocycles. The van der Waals surface area contributed by atoms with Crippen molar-refractivity contribution in [3.63, 3.8) is 0 Å². The van der Waals surface area contributed by atoms with Gasteiger partial charge in [0.1, 0.15) is 23.3 Å². The Morgan fingerprint density at radius 1 is 0.972 bits per heavy atom. The van der Waals surface area contributed by atoms with Crippen LogP contribution in [0.25, 0.3) is 10.8 Å². The third-order valence-electron chi connectivity index (χ3n) is 5.50. The summed E-state index contributed by atoms with van der Waals surface area (Å²) in [6.07, 6.45) is -1.90. The number of ether oxygens (including phenoxy) is 1. The predicted molar refractivity (Wildman–Crippen MR) is 130 cm³/mol. The number of hydrogen-bond donors (Lipinski definition) is 4. The lowest BCUT2D eigenvalue weighted by atomic mass is 10.0. The highest BCUT2D eigenvalue weighted by Crippen LogP contribution is 2.33. The Bertz CT molecular complexity index is 1450. The topological polar surface area (TPSA) is 153 Å². The average Bonchev–Trinajstić information content (AvgIpc) is 2.89. The van der Waals surface area contributed by atoms with Crippen LogP contribution in [-0.4, -0.2) is 44.3 Å². The Hall–Kier alpha value is -4.94. The van der Waals surface area contributed by atoms with Crippen molar-refractivity contribution in [1.82, 2.24) is 10.3 Å². The maximum Gasteiger partial charge on any atom is 0.334 e. The zero-order valence-electron chi connectivity index (χ0n) is 18.8. The molecule has 0 aliphatic rings. The summed E-state index contributed by atoms with van der Waals surface area (Å²) >= 11 is 0. The molecule has 3 aromatic carbocycles. The average molecular weight is 483 g/mol. The van der Waals surface area contributed by atoms with Gasteiger partial charge in [-0.1, -0.05) is 48.5 Å². The second-order valence-electron chi connectivity index (χ2n) is 7.94. The van der Waals surface area contributed by atoms with Gasteiger partial charge >= 0.3 is 5.97 Å². The van der Waals surface area contributed by atoms with Crippen LogP contribution in [0.2, 0.25) is 0 Å². The quantitative estimate of drug-likeness (QED) is 0.298. The van der Waals surface area contributed by atoms with Crippen molar-refractivity contribution in [2.75, 3.05) is 0 Å². The number of aromatic hydroxyl groups is 1. The lowest BCUT2D eigenvalue weighted by Gasteiger charge is -2.22. The monoisotopic (exact) mass is 483 g/mol. The van der Waals surface area contributed by atoms with Gasteiger partial charge in [0, 0.05) is 10.8 Å². The molecule has 4 N–H and O–H groups in total. The molecule has 9 heteroatoms. The number of nitrogens with one attached hydrogen (secondary N) is 1. The summed E-state index contributed by atoms with van der Waals surface area (Å²) in [7, 11) is 0. The molecule has 0 saturated carbocycles. The summed E-state index contributed by atoms with van der Waals surface area (Å²) in [6, 6.07) is 23.0. The molecule has 180 valence electrons. The number of amides is 1. The van der Waals surface area contributed by atoms with Gasteiger partial charge in [0.05, 0.1) is 6.04 Å². The molecule has 0 aliphatic carbocycles. The first-order valence-corrected chi connectivity index (χ1v) is 10.9. The summed E-state index contributed by atoms with van der Waals surface area (Å²) in [5, 5.41) is 42.9. The molecule has 0 aliphatic heterocycles. The number of aliphatic carboxylic acids is 1. The SMILES string of the molecule is N#Cc1nc(C(=O)NC(Cc2ccccc2)C(O)C(=O)O)c(O)c2ccc(Oc3ccccc3)cc12. The van der Waals surface area contributed by atoms with E-state index in [0.717, 1.165) is 0 Å². The molecule has 0 bridgehead atoms. The van der Waals surface area contributed by atoms with Crippen molar-refractivity contribution in [1.29, 1.82) is 5.26 Å². The Morgan fingerprint density at radius 3 is 2.28 bits per heavy atom. The molecule has 4 aromatic rings. The molecule has 0 spiro atoms. The van der Waals surface area contributed by atoms with Crippen LogP contribution in [0.4, 0.5) is 0 Å². The van der Waals surface area contributed by atoms with Crippen molar-refractivity contribution >= 4 is 22.6 Å². The summed E-state index contributed by atoms with van der Waals surface area (Å²) < 4.78 is 5.78. The van der Waals surface area contributed by atoms with Gasteiger partial charge in [-0.2, -0.15) is 5.26 Å². The number of para-hydroxylation sites is 1. The number of hydrogen-bond acceptors (Lipinski definition) is 7. The number of aromatic nitrogens is 1. The number of benzene rings is 3. The van der Waals surface area contributed by atoms with E-state index in [1.54, 1.807) is 48.5 Å². The van der Waals surface area contributed by atoms with Gasteiger partial charge in [-0.05, 0) is 42.3 Å². The molecule has 2 atom stereocenters. The maximum atomic E-state index is 13.0. The van der Waals surface area contributed by atoms with Gasteiger partial charge in [-0.15, -0.1) is 0 Å². The normalized spacial score (nSPS) is 12.3. The first kappa shape index (κ1) is 24.2. The minimum Gasteiger partial charge on any atom is -0.505 e. The lowest BCUT2D eigenvalue weighted by molar-refractivity contribution is -0.148. The van der Waals surface area contributed by atoms with Crippen LogP contribution in [0, 0.1) is 11.3 Å². The van der Waals surface area contributed by atoms with E-state index in [1.807, 2.05) is 24.3 Å². The fourth-order valence-electron chi connectivity index (χ4n) is 3.73. The number of carboxylic acids is 1. The summed E-state index contributed by atoms with van der Waals surface area (Å²) in [4.78, 5) is 28.5. The largest absolute Gasteiger partial charge is 0.505 e. The molecule has 4 rings (SSSR count). The van der Waals surface area contributed by atoms with Crippen molar-refractivity contribution < 1.29 is 29.6 Å². The molecule has 1 heterocycles. The van der Waals surface area contributed by atoms with E-state index in [-0.39, 0.29) is 22.9 Å². The van der Waals surface area contributed by atoms with E-state index < -0.39 is 35.5 Å². The molecule has 0 radical (unpaired) electrons. The highest BCUT2D eigenvalue weighted by Gasteiger charge is 2.30. The number of aliphatic hydroxyl groups is 1. The number of pyridine rings is 1. The fraction of sp³-hybridized carbons (Fsp3) is 0.111. The van der Waals surface area contributed by atoms with E-state index in [1.165, 1.54) is 12.1 Å². The number of carbonyl (C=O) groups excluding carboxylic acids is 1.